The van der Waals surface area contributed by atoms with Gasteiger partial charge in [-0.3, -0.25) is 9.59 Å². The Hall–Kier alpha value is -2.04. The minimum atomic E-state index is 0.137. The lowest BCUT2D eigenvalue weighted by molar-refractivity contribution is -0.141. The Kier molecular flexibility index (Phi) is 5.61. The van der Waals surface area contributed by atoms with Crippen LogP contribution in [-0.2, 0) is 16.0 Å². The van der Waals surface area contributed by atoms with Crippen molar-refractivity contribution in [3.05, 3.63) is 29.3 Å². The third kappa shape index (κ3) is 4.14. The molecule has 0 unspecified atom stereocenters. The van der Waals surface area contributed by atoms with Crippen LogP contribution in [0.25, 0.3) is 0 Å². The molecule has 0 radical (unpaired) electrons. The largest absolute Gasteiger partial charge is 0.496 e. The molecule has 1 saturated heterocycles. The van der Waals surface area contributed by atoms with Crippen LogP contribution in [0, 0.1) is 12.8 Å². The lowest BCUT2D eigenvalue weighted by Gasteiger charge is -2.36. The molecule has 1 aromatic rings. The summed E-state index contributed by atoms with van der Waals surface area (Å²) in [6.07, 6.45) is 4.83. The fourth-order valence-electron chi connectivity index (χ4n) is 3.94. The average Bonchev–Trinajstić information content (AvgIpc) is 3.16. The van der Waals surface area contributed by atoms with Gasteiger partial charge < -0.3 is 14.5 Å². The minimum absolute atomic E-state index is 0.137. The van der Waals surface area contributed by atoms with E-state index in [-0.39, 0.29) is 11.8 Å². The lowest BCUT2D eigenvalue weighted by atomic mass is 10.1. The van der Waals surface area contributed by atoms with E-state index in [4.69, 9.17) is 4.74 Å². The Balaban J connectivity index is 1.51. The highest BCUT2D eigenvalue weighted by molar-refractivity contribution is 5.81. The lowest BCUT2D eigenvalue weighted by Crippen LogP contribution is -2.52. The van der Waals surface area contributed by atoms with Crippen LogP contribution in [-0.4, -0.2) is 54.9 Å². The molecule has 25 heavy (non-hydrogen) atoms. The van der Waals surface area contributed by atoms with Gasteiger partial charge in [-0.05, 0) is 37.0 Å². The first-order chi connectivity index (χ1) is 12.1. The summed E-state index contributed by atoms with van der Waals surface area (Å²) in [6, 6.07) is 5.87. The van der Waals surface area contributed by atoms with Crippen molar-refractivity contribution >= 4 is 11.8 Å². The van der Waals surface area contributed by atoms with Gasteiger partial charge >= 0.3 is 0 Å². The number of amides is 2. The van der Waals surface area contributed by atoms with Crippen LogP contribution < -0.4 is 4.74 Å². The normalized spacial score (nSPS) is 18.5. The first kappa shape index (κ1) is 17.8. The molecule has 2 aliphatic rings. The summed E-state index contributed by atoms with van der Waals surface area (Å²) in [6.45, 7) is 4.62. The van der Waals surface area contributed by atoms with Crippen molar-refractivity contribution in [2.24, 2.45) is 5.92 Å². The highest BCUT2D eigenvalue weighted by Gasteiger charge is 2.30. The first-order valence-corrected chi connectivity index (χ1v) is 9.28. The second-order valence-electron chi connectivity index (χ2n) is 7.17. The van der Waals surface area contributed by atoms with Gasteiger partial charge in [-0.15, -0.1) is 0 Å². The highest BCUT2D eigenvalue weighted by atomic mass is 16.5. The van der Waals surface area contributed by atoms with E-state index in [9.17, 15) is 9.59 Å². The monoisotopic (exact) mass is 344 g/mol. The van der Waals surface area contributed by atoms with Crippen LogP contribution in [0.3, 0.4) is 0 Å². The van der Waals surface area contributed by atoms with Gasteiger partial charge in [0, 0.05) is 32.1 Å². The third-order valence-corrected chi connectivity index (χ3v) is 5.46. The molecule has 1 aliphatic heterocycles. The molecule has 1 heterocycles. The molecular formula is C20H28N2O3. The Morgan fingerprint density at radius 1 is 1.08 bits per heavy atom. The Morgan fingerprint density at radius 2 is 1.72 bits per heavy atom. The number of carbonyl (C=O) groups is 2. The van der Waals surface area contributed by atoms with Crippen LogP contribution in [0.5, 0.6) is 5.75 Å². The second kappa shape index (κ2) is 7.89. The van der Waals surface area contributed by atoms with Crippen molar-refractivity contribution in [3.63, 3.8) is 0 Å². The van der Waals surface area contributed by atoms with E-state index in [1.807, 2.05) is 34.9 Å². The number of benzene rings is 1. The Labute approximate surface area is 149 Å². The summed E-state index contributed by atoms with van der Waals surface area (Å²) in [5.41, 5.74) is 2.05. The average molecular weight is 344 g/mol. The maximum Gasteiger partial charge on any atom is 0.227 e. The van der Waals surface area contributed by atoms with E-state index in [1.165, 1.54) is 12.8 Å². The zero-order chi connectivity index (χ0) is 17.8. The van der Waals surface area contributed by atoms with Crippen molar-refractivity contribution < 1.29 is 14.3 Å². The highest BCUT2D eigenvalue weighted by Crippen LogP contribution is 2.27. The summed E-state index contributed by atoms with van der Waals surface area (Å²) in [5.74, 6) is 1.51. The van der Waals surface area contributed by atoms with Crippen LogP contribution in [0.15, 0.2) is 18.2 Å². The molecular weight excluding hydrogens is 316 g/mol. The van der Waals surface area contributed by atoms with E-state index in [0.717, 1.165) is 29.7 Å². The van der Waals surface area contributed by atoms with E-state index in [0.29, 0.717) is 38.5 Å². The quantitative estimate of drug-likeness (QED) is 0.843. The third-order valence-electron chi connectivity index (χ3n) is 5.46. The van der Waals surface area contributed by atoms with Crippen molar-refractivity contribution in [2.75, 3.05) is 33.3 Å². The molecule has 5 nitrogen and oxygen atoms in total. The molecule has 0 spiro atoms. The topological polar surface area (TPSA) is 49.9 Å². The molecule has 0 aromatic heterocycles. The molecule has 136 valence electrons. The van der Waals surface area contributed by atoms with Gasteiger partial charge in [0.1, 0.15) is 5.75 Å². The number of carbonyl (C=O) groups excluding carboxylic acids is 2. The van der Waals surface area contributed by atoms with Crippen LogP contribution in [0.4, 0.5) is 0 Å². The van der Waals surface area contributed by atoms with Gasteiger partial charge in [-0.25, -0.2) is 0 Å². The number of rotatable bonds is 4. The maximum absolute atomic E-state index is 12.6. The Bertz CT molecular complexity index is 630. The SMILES string of the molecule is COc1ccc(CC(=O)N2CCN(C(=O)C3CCCC3)CC2)cc1C. The van der Waals surface area contributed by atoms with E-state index >= 15 is 0 Å². The van der Waals surface area contributed by atoms with Gasteiger partial charge in [-0.1, -0.05) is 25.0 Å². The second-order valence-corrected chi connectivity index (χ2v) is 7.17. The van der Waals surface area contributed by atoms with Crippen molar-refractivity contribution in [3.8, 4) is 5.75 Å². The van der Waals surface area contributed by atoms with Gasteiger partial charge in [0.05, 0.1) is 13.5 Å². The molecule has 1 aromatic carbocycles. The maximum atomic E-state index is 12.6. The van der Waals surface area contributed by atoms with E-state index in [1.54, 1.807) is 7.11 Å². The molecule has 0 atom stereocenters. The van der Waals surface area contributed by atoms with Crippen molar-refractivity contribution in [1.29, 1.82) is 0 Å². The molecule has 0 N–H and O–H groups in total. The molecule has 2 amide bonds. The fourth-order valence-corrected chi connectivity index (χ4v) is 3.94. The molecule has 1 saturated carbocycles. The molecule has 3 rings (SSSR count). The van der Waals surface area contributed by atoms with E-state index in [2.05, 4.69) is 0 Å². The smallest absolute Gasteiger partial charge is 0.227 e. The number of hydrogen-bond acceptors (Lipinski definition) is 3. The van der Waals surface area contributed by atoms with Crippen molar-refractivity contribution in [1.82, 2.24) is 9.80 Å². The number of hydrogen-bond donors (Lipinski definition) is 0. The molecule has 2 fully saturated rings. The van der Waals surface area contributed by atoms with Crippen LogP contribution in [0.1, 0.15) is 36.8 Å². The van der Waals surface area contributed by atoms with Gasteiger partial charge in [0.25, 0.3) is 0 Å². The van der Waals surface area contributed by atoms with Gasteiger partial charge in [-0.2, -0.15) is 0 Å². The van der Waals surface area contributed by atoms with Gasteiger partial charge in [0.15, 0.2) is 0 Å². The molecule has 5 heteroatoms. The summed E-state index contributed by atoms with van der Waals surface area (Å²) >= 11 is 0. The summed E-state index contributed by atoms with van der Waals surface area (Å²) in [4.78, 5) is 28.9. The minimum Gasteiger partial charge on any atom is -0.496 e. The zero-order valence-corrected chi connectivity index (χ0v) is 15.3. The number of methoxy groups -OCH3 is 1. The van der Waals surface area contributed by atoms with E-state index < -0.39 is 0 Å². The van der Waals surface area contributed by atoms with Crippen molar-refractivity contribution in [2.45, 2.75) is 39.0 Å². The van der Waals surface area contributed by atoms with Crippen LogP contribution in [0.2, 0.25) is 0 Å². The predicted octanol–water partition coefficient (Wildman–Crippen LogP) is 2.41. The Morgan fingerprint density at radius 3 is 2.32 bits per heavy atom. The summed E-state index contributed by atoms with van der Waals surface area (Å²) in [7, 11) is 1.65. The molecule has 0 bridgehead atoms. The predicted molar refractivity (Wildman–Crippen MR) is 96.6 cm³/mol. The molecule has 1 aliphatic carbocycles. The number of piperazine rings is 1. The standard InChI is InChI=1S/C20H28N2O3/c1-15-13-16(7-8-18(15)25-2)14-19(23)21-9-11-22(12-10-21)20(24)17-5-3-4-6-17/h7-8,13,17H,3-6,9-12,14H2,1-2H3. The summed E-state index contributed by atoms with van der Waals surface area (Å²) < 4.78 is 5.26. The fraction of sp³-hybridized carbons (Fsp3) is 0.600. The summed E-state index contributed by atoms with van der Waals surface area (Å²) in [5, 5.41) is 0. The number of ether oxygens (including phenoxy) is 1. The van der Waals surface area contributed by atoms with Gasteiger partial charge in [0.2, 0.25) is 11.8 Å². The number of aryl methyl sites for hydroxylation is 1. The van der Waals surface area contributed by atoms with Crippen LogP contribution >= 0.6 is 0 Å². The number of nitrogens with zero attached hydrogens (tertiary/aromatic N) is 2. The first-order valence-electron chi connectivity index (χ1n) is 9.28. The zero-order valence-electron chi connectivity index (χ0n) is 15.3.